The Morgan fingerprint density at radius 2 is 1.87 bits per heavy atom. The maximum Gasteiger partial charge on any atom is 0.416 e. The van der Waals surface area contributed by atoms with Crippen molar-refractivity contribution in [2.75, 3.05) is 0 Å². The van der Waals surface area contributed by atoms with Crippen LogP contribution in [-0.2, 0) is 30.4 Å². The highest BCUT2D eigenvalue weighted by atomic mass is 32.1. The molecule has 1 N–H and O–H groups in total. The number of carbonyl (C=O) groups excluding carboxylic acids is 1. The van der Waals surface area contributed by atoms with E-state index in [9.17, 15) is 18.0 Å². The first-order chi connectivity index (χ1) is 14.4. The molecule has 1 aromatic heterocycles. The molecule has 1 saturated carbocycles. The third-order valence-electron chi connectivity index (χ3n) is 5.22. The number of Topliss-reactive ketones (excluding diaryl/α,β-unsaturated/α-hetero) is 1. The van der Waals surface area contributed by atoms with Gasteiger partial charge in [0.25, 0.3) is 0 Å². The molecular weight excluding hydrogens is 407 g/mol. The average molecular weight is 430 g/mol. The van der Waals surface area contributed by atoms with Gasteiger partial charge in [0.15, 0.2) is 0 Å². The monoisotopic (exact) mass is 429 g/mol. The summed E-state index contributed by atoms with van der Waals surface area (Å²) in [6.45, 7) is 0.753. The summed E-state index contributed by atoms with van der Waals surface area (Å²) >= 11 is 1.59. The van der Waals surface area contributed by atoms with Crippen molar-refractivity contribution in [2.45, 2.75) is 44.4 Å². The summed E-state index contributed by atoms with van der Waals surface area (Å²) in [6.07, 6.45) is -1.82. The van der Waals surface area contributed by atoms with E-state index in [-0.39, 0.29) is 18.6 Å². The molecule has 156 valence electrons. The van der Waals surface area contributed by atoms with Gasteiger partial charge in [-0.15, -0.1) is 0 Å². The van der Waals surface area contributed by atoms with Gasteiger partial charge in [0.1, 0.15) is 5.78 Å². The fraction of sp³-hybridized carbons (Fsp3) is 0.292. The molecule has 0 unspecified atom stereocenters. The SMILES string of the molecule is O=C(Cc1cccc(C(F)(F)F)c1)Cc1cc(CNC2CC2)ccc1-c1ccsc1. The first-order valence-corrected chi connectivity index (χ1v) is 10.9. The Morgan fingerprint density at radius 3 is 2.57 bits per heavy atom. The van der Waals surface area contributed by atoms with Crippen LogP contribution in [0.3, 0.4) is 0 Å². The molecule has 6 heteroatoms. The zero-order valence-electron chi connectivity index (χ0n) is 16.3. The van der Waals surface area contributed by atoms with Crippen molar-refractivity contribution in [3.8, 4) is 11.1 Å². The molecule has 0 radical (unpaired) electrons. The molecule has 0 saturated heterocycles. The molecule has 1 aliphatic carbocycles. The largest absolute Gasteiger partial charge is 0.416 e. The van der Waals surface area contributed by atoms with Gasteiger partial charge in [-0.3, -0.25) is 4.79 Å². The third kappa shape index (κ3) is 5.37. The first-order valence-electron chi connectivity index (χ1n) is 9.94. The van der Waals surface area contributed by atoms with E-state index < -0.39 is 11.7 Å². The van der Waals surface area contributed by atoms with Crippen molar-refractivity contribution in [3.63, 3.8) is 0 Å². The van der Waals surface area contributed by atoms with Crippen molar-refractivity contribution in [3.05, 3.63) is 81.5 Å². The molecule has 0 aliphatic heterocycles. The van der Waals surface area contributed by atoms with Crippen LogP contribution in [0.25, 0.3) is 11.1 Å². The Labute approximate surface area is 177 Å². The van der Waals surface area contributed by atoms with E-state index in [0.29, 0.717) is 11.6 Å². The lowest BCUT2D eigenvalue weighted by Crippen LogP contribution is -2.16. The number of ketones is 1. The lowest BCUT2D eigenvalue weighted by molar-refractivity contribution is -0.137. The van der Waals surface area contributed by atoms with Crippen LogP contribution in [0.2, 0.25) is 0 Å². The summed E-state index contributed by atoms with van der Waals surface area (Å²) in [5, 5.41) is 7.51. The molecular formula is C24H22F3NOS. The maximum atomic E-state index is 13.0. The van der Waals surface area contributed by atoms with Crippen molar-refractivity contribution >= 4 is 17.1 Å². The normalized spacial score (nSPS) is 14.1. The lowest BCUT2D eigenvalue weighted by Gasteiger charge is -2.12. The van der Waals surface area contributed by atoms with Gasteiger partial charge in [0.05, 0.1) is 5.56 Å². The molecule has 0 spiro atoms. The summed E-state index contributed by atoms with van der Waals surface area (Å²) < 4.78 is 38.9. The fourth-order valence-electron chi connectivity index (χ4n) is 3.51. The molecule has 2 aromatic carbocycles. The molecule has 4 rings (SSSR count). The number of benzene rings is 2. The van der Waals surface area contributed by atoms with Gasteiger partial charge < -0.3 is 5.32 Å². The van der Waals surface area contributed by atoms with Crippen molar-refractivity contribution in [1.82, 2.24) is 5.32 Å². The summed E-state index contributed by atoms with van der Waals surface area (Å²) in [5.74, 6) is -0.0990. The van der Waals surface area contributed by atoms with Crippen LogP contribution >= 0.6 is 11.3 Å². The highest BCUT2D eigenvalue weighted by Gasteiger charge is 2.30. The van der Waals surface area contributed by atoms with E-state index in [4.69, 9.17) is 0 Å². The van der Waals surface area contributed by atoms with Gasteiger partial charge in [-0.25, -0.2) is 0 Å². The van der Waals surface area contributed by atoms with Crippen LogP contribution < -0.4 is 5.32 Å². The zero-order chi connectivity index (χ0) is 21.1. The quantitative estimate of drug-likeness (QED) is 0.473. The lowest BCUT2D eigenvalue weighted by atomic mass is 9.94. The second kappa shape index (κ2) is 8.74. The minimum Gasteiger partial charge on any atom is -0.310 e. The number of rotatable bonds is 8. The molecule has 1 fully saturated rings. The predicted octanol–water partition coefficient (Wildman–Crippen LogP) is 6.04. The van der Waals surface area contributed by atoms with Gasteiger partial charge in [-0.1, -0.05) is 36.4 Å². The second-order valence-corrected chi connectivity index (χ2v) is 8.53. The molecule has 1 heterocycles. The van der Waals surface area contributed by atoms with Crippen LogP contribution in [0.1, 0.15) is 35.1 Å². The smallest absolute Gasteiger partial charge is 0.310 e. The van der Waals surface area contributed by atoms with Gasteiger partial charge in [0, 0.05) is 25.4 Å². The Morgan fingerprint density at radius 1 is 1.03 bits per heavy atom. The first kappa shape index (κ1) is 20.8. The molecule has 0 atom stereocenters. The van der Waals surface area contributed by atoms with Gasteiger partial charge in [-0.2, -0.15) is 24.5 Å². The molecule has 3 aromatic rings. The standard InChI is InChI=1S/C24H22F3NOS/c25-24(26,27)20-3-1-2-16(11-20)12-22(29)13-19-10-17(14-28-21-5-6-21)4-7-23(19)18-8-9-30-15-18/h1-4,7-11,15,21,28H,5-6,12-14H2. The van der Waals surface area contributed by atoms with E-state index >= 15 is 0 Å². The molecule has 1 aliphatic rings. The number of carbonyl (C=O) groups is 1. The van der Waals surface area contributed by atoms with E-state index in [2.05, 4.69) is 11.4 Å². The van der Waals surface area contributed by atoms with E-state index in [0.717, 1.165) is 40.9 Å². The van der Waals surface area contributed by atoms with Gasteiger partial charge in [-0.05, 0) is 63.6 Å². The maximum absolute atomic E-state index is 13.0. The highest BCUT2D eigenvalue weighted by Crippen LogP contribution is 2.31. The number of alkyl halides is 3. The Bertz CT molecular complexity index is 1020. The topological polar surface area (TPSA) is 29.1 Å². The fourth-order valence-corrected chi connectivity index (χ4v) is 4.17. The van der Waals surface area contributed by atoms with Crippen molar-refractivity contribution < 1.29 is 18.0 Å². The minimum absolute atomic E-state index is 0.0163. The van der Waals surface area contributed by atoms with Crippen molar-refractivity contribution in [2.24, 2.45) is 0 Å². The van der Waals surface area contributed by atoms with E-state index in [1.165, 1.54) is 18.9 Å². The third-order valence-corrected chi connectivity index (χ3v) is 5.90. The number of thiophene rings is 1. The van der Waals surface area contributed by atoms with Gasteiger partial charge in [0.2, 0.25) is 0 Å². The number of hydrogen-bond acceptors (Lipinski definition) is 3. The molecule has 0 bridgehead atoms. The van der Waals surface area contributed by atoms with Crippen LogP contribution in [0, 0.1) is 0 Å². The Kier molecular flexibility index (Phi) is 6.06. The molecule has 2 nitrogen and oxygen atoms in total. The predicted molar refractivity (Wildman–Crippen MR) is 113 cm³/mol. The summed E-state index contributed by atoms with van der Waals surface area (Å²) in [6, 6.07) is 13.8. The molecule has 0 amide bonds. The summed E-state index contributed by atoms with van der Waals surface area (Å²) in [5.41, 5.74) is 3.76. The van der Waals surface area contributed by atoms with Crippen LogP contribution in [-0.4, -0.2) is 11.8 Å². The molecule has 30 heavy (non-hydrogen) atoms. The summed E-state index contributed by atoms with van der Waals surface area (Å²) in [7, 11) is 0. The number of hydrogen-bond donors (Lipinski definition) is 1. The number of halogens is 3. The van der Waals surface area contributed by atoms with E-state index in [1.807, 2.05) is 29.0 Å². The average Bonchev–Trinajstić information content (AvgIpc) is 3.38. The zero-order valence-corrected chi connectivity index (χ0v) is 17.2. The Hall–Kier alpha value is -2.44. The summed E-state index contributed by atoms with van der Waals surface area (Å²) in [4.78, 5) is 12.8. The van der Waals surface area contributed by atoms with E-state index in [1.54, 1.807) is 17.4 Å². The van der Waals surface area contributed by atoms with Crippen molar-refractivity contribution in [1.29, 1.82) is 0 Å². The van der Waals surface area contributed by atoms with Crippen LogP contribution in [0.5, 0.6) is 0 Å². The van der Waals surface area contributed by atoms with Gasteiger partial charge >= 0.3 is 6.18 Å². The number of nitrogens with one attached hydrogen (secondary N) is 1. The van der Waals surface area contributed by atoms with Crippen LogP contribution in [0.4, 0.5) is 13.2 Å². The van der Waals surface area contributed by atoms with Crippen LogP contribution in [0.15, 0.2) is 59.3 Å². The highest BCUT2D eigenvalue weighted by molar-refractivity contribution is 7.08. The Balaban J connectivity index is 1.53. The minimum atomic E-state index is -4.41. The second-order valence-electron chi connectivity index (χ2n) is 7.75.